The highest BCUT2D eigenvalue weighted by Gasteiger charge is 1.96. The number of oxime groups is 2. The fraction of sp³-hybridized carbons (Fsp3) is 0.0909. The average molecular weight is 344 g/mol. The lowest BCUT2D eigenvalue weighted by Crippen LogP contribution is -1.91. The molecule has 26 heavy (non-hydrogen) atoms. The van der Waals surface area contributed by atoms with E-state index in [2.05, 4.69) is 10.3 Å². The normalized spacial score (nSPS) is 11.1. The largest absolute Gasteiger partial charge is 0.391 e. The van der Waals surface area contributed by atoms with E-state index < -0.39 is 0 Å². The summed E-state index contributed by atoms with van der Waals surface area (Å²) in [7, 11) is 0. The zero-order valence-electron chi connectivity index (χ0n) is 14.4. The van der Waals surface area contributed by atoms with Crippen molar-refractivity contribution in [2.75, 3.05) is 0 Å². The predicted octanol–water partition coefficient (Wildman–Crippen LogP) is 4.79. The number of hydrogen-bond donors (Lipinski definition) is 0. The van der Waals surface area contributed by atoms with Crippen molar-refractivity contribution < 1.29 is 9.68 Å². The second-order valence-corrected chi connectivity index (χ2v) is 5.65. The summed E-state index contributed by atoms with van der Waals surface area (Å²) in [4.78, 5) is 10.7. The van der Waals surface area contributed by atoms with E-state index in [1.807, 2.05) is 84.9 Å². The standard InChI is InChI=1S/C22H20N2O2/c1-3-7-19(8-4-1)15-23-25-17-21-11-13-22(14-12-21)18-26-24-16-20-9-5-2-6-10-20/h1-16H,17-18H2/b23-15+,24-16+. The van der Waals surface area contributed by atoms with Gasteiger partial charge in [-0.2, -0.15) is 0 Å². The van der Waals surface area contributed by atoms with Gasteiger partial charge < -0.3 is 9.68 Å². The number of rotatable bonds is 8. The molecule has 0 saturated carbocycles. The highest BCUT2D eigenvalue weighted by Crippen LogP contribution is 2.08. The molecule has 0 fully saturated rings. The van der Waals surface area contributed by atoms with Gasteiger partial charge in [0, 0.05) is 0 Å². The Bertz CT molecular complexity index is 757. The Morgan fingerprint density at radius 2 is 0.923 bits per heavy atom. The predicted molar refractivity (Wildman–Crippen MR) is 104 cm³/mol. The second kappa shape index (κ2) is 9.79. The maximum atomic E-state index is 5.33. The Labute approximate surface area is 153 Å². The molecule has 0 aliphatic heterocycles. The monoisotopic (exact) mass is 344 g/mol. The second-order valence-electron chi connectivity index (χ2n) is 5.65. The molecule has 0 N–H and O–H groups in total. The van der Waals surface area contributed by atoms with Crippen molar-refractivity contribution in [3.63, 3.8) is 0 Å². The van der Waals surface area contributed by atoms with E-state index in [4.69, 9.17) is 9.68 Å². The van der Waals surface area contributed by atoms with E-state index in [0.717, 1.165) is 22.3 Å². The van der Waals surface area contributed by atoms with Crippen molar-refractivity contribution in [3.05, 3.63) is 107 Å². The van der Waals surface area contributed by atoms with Crippen LogP contribution in [0.5, 0.6) is 0 Å². The lowest BCUT2D eigenvalue weighted by atomic mass is 10.1. The third-order valence-electron chi connectivity index (χ3n) is 3.64. The van der Waals surface area contributed by atoms with Gasteiger partial charge in [-0.1, -0.05) is 95.2 Å². The maximum absolute atomic E-state index is 5.33. The third kappa shape index (κ3) is 5.91. The Morgan fingerprint density at radius 3 is 1.31 bits per heavy atom. The molecule has 0 spiro atoms. The van der Waals surface area contributed by atoms with Crippen molar-refractivity contribution in [2.24, 2.45) is 10.3 Å². The van der Waals surface area contributed by atoms with Crippen LogP contribution in [0.4, 0.5) is 0 Å². The molecule has 4 nitrogen and oxygen atoms in total. The smallest absolute Gasteiger partial charge is 0.142 e. The summed E-state index contributed by atoms with van der Waals surface area (Å²) in [5.41, 5.74) is 4.12. The van der Waals surface area contributed by atoms with Gasteiger partial charge in [0.15, 0.2) is 0 Å². The molecule has 3 aromatic carbocycles. The maximum Gasteiger partial charge on any atom is 0.142 e. The summed E-state index contributed by atoms with van der Waals surface area (Å²) >= 11 is 0. The van der Waals surface area contributed by atoms with Gasteiger partial charge in [-0.3, -0.25) is 0 Å². The van der Waals surface area contributed by atoms with Crippen LogP contribution >= 0.6 is 0 Å². The van der Waals surface area contributed by atoms with Crippen LogP contribution in [0.2, 0.25) is 0 Å². The first kappa shape index (κ1) is 17.4. The molecule has 0 aliphatic rings. The Kier molecular flexibility index (Phi) is 6.56. The third-order valence-corrected chi connectivity index (χ3v) is 3.64. The molecule has 130 valence electrons. The summed E-state index contributed by atoms with van der Waals surface area (Å²) in [6, 6.07) is 27.7. The minimum atomic E-state index is 0.427. The van der Waals surface area contributed by atoms with Gasteiger partial charge in [-0.25, -0.2) is 0 Å². The quantitative estimate of drug-likeness (QED) is 0.436. The first-order valence-corrected chi connectivity index (χ1v) is 8.39. The van der Waals surface area contributed by atoms with E-state index >= 15 is 0 Å². The molecule has 0 amide bonds. The van der Waals surface area contributed by atoms with Crippen molar-refractivity contribution in [2.45, 2.75) is 13.2 Å². The van der Waals surface area contributed by atoms with E-state index in [1.54, 1.807) is 12.4 Å². The molecule has 0 heterocycles. The van der Waals surface area contributed by atoms with Crippen LogP contribution < -0.4 is 0 Å². The van der Waals surface area contributed by atoms with E-state index in [1.165, 1.54) is 0 Å². The average Bonchev–Trinajstić information content (AvgIpc) is 2.71. The topological polar surface area (TPSA) is 43.2 Å². The van der Waals surface area contributed by atoms with Crippen molar-refractivity contribution in [3.8, 4) is 0 Å². The Balaban J connectivity index is 1.40. The molecule has 3 aromatic rings. The zero-order valence-corrected chi connectivity index (χ0v) is 14.4. The summed E-state index contributed by atoms with van der Waals surface area (Å²) < 4.78 is 0. The number of nitrogens with zero attached hydrogens (tertiary/aromatic N) is 2. The summed E-state index contributed by atoms with van der Waals surface area (Å²) in [6.45, 7) is 0.854. The molecule has 0 saturated heterocycles. The van der Waals surface area contributed by atoms with Gasteiger partial charge in [-0.15, -0.1) is 0 Å². The van der Waals surface area contributed by atoms with Crippen LogP contribution in [0.1, 0.15) is 22.3 Å². The summed E-state index contributed by atoms with van der Waals surface area (Å²) in [6.07, 6.45) is 3.40. The molecule has 0 bridgehead atoms. The highest BCUT2D eigenvalue weighted by atomic mass is 16.6. The summed E-state index contributed by atoms with van der Waals surface area (Å²) in [5, 5.41) is 7.96. The van der Waals surface area contributed by atoms with E-state index in [0.29, 0.717) is 13.2 Å². The minimum absolute atomic E-state index is 0.427. The molecule has 0 atom stereocenters. The fourth-order valence-corrected chi connectivity index (χ4v) is 2.23. The van der Waals surface area contributed by atoms with Gasteiger partial charge in [0.25, 0.3) is 0 Å². The molecule has 0 aromatic heterocycles. The van der Waals surface area contributed by atoms with Crippen molar-refractivity contribution in [1.82, 2.24) is 0 Å². The van der Waals surface area contributed by atoms with Crippen LogP contribution in [0.15, 0.2) is 95.2 Å². The highest BCUT2D eigenvalue weighted by molar-refractivity contribution is 5.79. The van der Waals surface area contributed by atoms with Gasteiger partial charge in [0.1, 0.15) is 13.2 Å². The SMILES string of the molecule is C(=N\OCc1ccc(CO/N=C/c2ccccc2)cc1)/c1ccccc1. The molecular weight excluding hydrogens is 324 g/mol. The van der Waals surface area contributed by atoms with Crippen LogP contribution in [-0.4, -0.2) is 12.4 Å². The van der Waals surface area contributed by atoms with Crippen molar-refractivity contribution in [1.29, 1.82) is 0 Å². The van der Waals surface area contributed by atoms with Gasteiger partial charge >= 0.3 is 0 Å². The van der Waals surface area contributed by atoms with Crippen LogP contribution in [0, 0.1) is 0 Å². The van der Waals surface area contributed by atoms with Gasteiger partial charge in [-0.05, 0) is 22.3 Å². The van der Waals surface area contributed by atoms with E-state index in [-0.39, 0.29) is 0 Å². The first-order valence-electron chi connectivity index (χ1n) is 8.39. The lowest BCUT2D eigenvalue weighted by Gasteiger charge is -2.03. The molecule has 4 heteroatoms. The van der Waals surface area contributed by atoms with Crippen LogP contribution in [0.3, 0.4) is 0 Å². The van der Waals surface area contributed by atoms with Gasteiger partial charge in [0.05, 0.1) is 12.4 Å². The Morgan fingerprint density at radius 1 is 0.538 bits per heavy atom. The minimum Gasteiger partial charge on any atom is -0.391 e. The Hall–Kier alpha value is -3.40. The molecule has 0 unspecified atom stereocenters. The molecule has 0 radical (unpaired) electrons. The molecular formula is C22H20N2O2. The molecule has 0 aliphatic carbocycles. The molecule has 3 rings (SSSR count). The first-order chi connectivity index (χ1) is 12.9. The van der Waals surface area contributed by atoms with Gasteiger partial charge in [0.2, 0.25) is 0 Å². The van der Waals surface area contributed by atoms with Crippen LogP contribution in [0.25, 0.3) is 0 Å². The number of hydrogen-bond acceptors (Lipinski definition) is 4. The zero-order chi connectivity index (χ0) is 17.9. The number of benzene rings is 3. The van der Waals surface area contributed by atoms with Crippen molar-refractivity contribution >= 4 is 12.4 Å². The lowest BCUT2D eigenvalue weighted by molar-refractivity contribution is 0.130. The van der Waals surface area contributed by atoms with E-state index in [9.17, 15) is 0 Å². The fourth-order valence-electron chi connectivity index (χ4n) is 2.23. The summed E-state index contributed by atoms with van der Waals surface area (Å²) in [5.74, 6) is 0. The van der Waals surface area contributed by atoms with Crippen LogP contribution in [-0.2, 0) is 22.9 Å².